The molecular formula is C25H27FN6O. The zero-order valence-corrected chi connectivity index (χ0v) is 18.5. The van der Waals surface area contributed by atoms with Gasteiger partial charge in [-0.05, 0) is 80.0 Å². The lowest BCUT2D eigenvalue weighted by atomic mass is 9.75. The smallest absolute Gasteiger partial charge is 0.220 e. The van der Waals surface area contributed by atoms with E-state index in [9.17, 15) is 9.50 Å². The molecule has 3 heterocycles. The lowest BCUT2D eigenvalue weighted by Gasteiger charge is -2.34. The number of anilines is 1. The van der Waals surface area contributed by atoms with Crippen molar-refractivity contribution in [3.05, 3.63) is 70.6 Å². The number of hydrogen-bond acceptors (Lipinski definition) is 7. The van der Waals surface area contributed by atoms with Gasteiger partial charge in [0.25, 0.3) is 0 Å². The second-order valence-corrected chi connectivity index (χ2v) is 8.96. The number of nitrogens with one attached hydrogen (secondary N) is 2. The summed E-state index contributed by atoms with van der Waals surface area (Å²) < 4.78 is 14.9. The molecule has 0 amide bonds. The van der Waals surface area contributed by atoms with E-state index in [-0.39, 0.29) is 23.7 Å². The molecule has 0 saturated carbocycles. The van der Waals surface area contributed by atoms with E-state index in [1.165, 1.54) is 0 Å². The van der Waals surface area contributed by atoms with Crippen molar-refractivity contribution in [3.63, 3.8) is 0 Å². The topological polar surface area (TPSA) is 121 Å². The Balaban J connectivity index is 1.69. The van der Waals surface area contributed by atoms with Gasteiger partial charge in [-0.3, -0.25) is 4.98 Å². The zero-order valence-electron chi connectivity index (χ0n) is 18.5. The first kappa shape index (κ1) is 21.6. The Morgan fingerprint density at radius 2 is 2.09 bits per heavy atom. The Morgan fingerprint density at radius 3 is 2.85 bits per heavy atom. The molecule has 2 aromatic heterocycles. The predicted molar refractivity (Wildman–Crippen MR) is 125 cm³/mol. The average molecular weight is 447 g/mol. The Kier molecular flexibility index (Phi) is 5.64. The molecular weight excluding hydrogens is 419 g/mol. The SMILES string of the molecule is Cc1nc(N)nc2c1C(=N)CC(c1c(-c3cccnc3)cc(F)cc1C1CC(O)CCN1)C2. The van der Waals surface area contributed by atoms with E-state index in [1.807, 2.05) is 19.1 Å². The van der Waals surface area contributed by atoms with Gasteiger partial charge in [0.1, 0.15) is 5.82 Å². The molecule has 33 heavy (non-hydrogen) atoms. The summed E-state index contributed by atoms with van der Waals surface area (Å²) in [5.74, 6) is -0.225. The number of aromatic nitrogens is 3. The van der Waals surface area contributed by atoms with Crippen molar-refractivity contribution in [2.45, 2.75) is 50.7 Å². The number of rotatable bonds is 3. The number of fused-ring (bicyclic) bond motifs is 1. The van der Waals surface area contributed by atoms with E-state index >= 15 is 0 Å². The van der Waals surface area contributed by atoms with Crippen LogP contribution < -0.4 is 11.1 Å². The molecule has 5 N–H and O–H groups in total. The number of halogens is 1. The van der Waals surface area contributed by atoms with E-state index in [2.05, 4.69) is 20.3 Å². The fourth-order valence-corrected chi connectivity index (χ4v) is 5.33. The van der Waals surface area contributed by atoms with Crippen LogP contribution in [0.15, 0.2) is 36.7 Å². The van der Waals surface area contributed by atoms with Crippen LogP contribution >= 0.6 is 0 Å². The van der Waals surface area contributed by atoms with Crippen LogP contribution in [-0.4, -0.2) is 38.4 Å². The van der Waals surface area contributed by atoms with Crippen molar-refractivity contribution in [1.82, 2.24) is 20.3 Å². The van der Waals surface area contributed by atoms with Gasteiger partial charge >= 0.3 is 0 Å². The number of nitrogens with zero attached hydrogens (tertiary/aromatic N) is 3. The summed E-state index contributed by atoms with van der Waals surface area (Å²) in [5, 5.41) is 22.5. The first-order valence-corrected chi connectivity index (χ1v) is 11.3. The van der Waals surface area contributed by atoms with Crippen LogP contribution in [0.2, 0.25) is 0 Å². The monoisotopic (exact) mass is 446 g/mol. The first-order valence-electron chi connectivity index (χ1n) is 11.3. The fourth-order valence-electron chi connectivity index (χ4n) is 5.33. The highest BCUT2D eigenvalue weighted by atomic mass is 19.1. The van der Waals surface area contributed by atoms with Crippen molar-refractivity contribution in [3.8, 4) is 11.1 Å². The standard InChI is InChI=1S/C25H27FN6O/c1-13-23-20(27)7-15(8-22(23)32-25(28)31-13)24-18(14-3-2-5-29-12-14)9-16(26)10-19(24)21-11-17(33)4-6-30-21/h2-3,5,9-10,12,15,17,21,27,30,33H,4,6-8,11H2,1H3,(H2,28,31,32). The molecule has 7 nitrogen and oxygen atoms in total. The molecule has 2 aliphatic rings. The second kappa shape index (κ2) is 8.61. The number of aliphatic hydroxyl groups is 1. The molecule has 0 spiro atoms. The maximum atomic E-state index is 14.9. The molecule has 5 rings (SSSR count). The molecule has 1 saturated heterocycles. The number of aryl methyl sites for hydroxylation is 1. The number of nitrogens with two attached hydrogens (primary N) is 1. The molecule has 0 bridgehead atoms. The molecule has 1 aliphatic carbocycles. The van der Waals surface area contributed by atoms with Gasteiger partial charge in [0.2, 0.25) is 5.95 Å². The Morgan fingerprint density at radius 1 is 1.24 bits per heavy atom. The highest BCUT2D eigenvalue weighted by molar-refractivity contribution is 6.02. The van der Waals surface area contributed by atoms with Crippen LogP contribution in [0.1, 0.15) is 59.3 Å². The van der Waals surface area contributed by atoms with Gasteiger partial charge in [0, 0.05) is 35.3 Å². The average Bonchev–Trinajstić information content (AvgIpc) is 2.78. The van der Waals surface area contributed by atoms with Gasteiger partial charge < -0.3 is 21.6 Å². The minimum Gasteiger partial charge on any atom is -0.393 e. The third-order valence-corrected chi connectivity index (χ3v) is 6.68. The van der Waals surface area contributed by atoms with E-state index < -0.39 is 6.10 Å². The summed E-state index contributed by atoms with van der Waals surface area (Å²) in [6.45, 7) is 2.51. The number of nitrogen functional groups attached to an aromatic ring is 1. The van der Waals surface area contributed by atoms with E-state index in [0.29, 0.717) is 43.6 Å². The van der Waals surface area contributed by atoms with E-state index in [4.69, 9.17) is 11.1 Å². The molecule has 0 radical (unpaired) electrons. The highest BCUT2D eigenvalue weighted by Crippen LogP contribution is 2.43. The minimum atomic E-state index is -0.435. The lowest BCUT2D eigenvalue weighted by Crippen LogP contribution is -2.35. The number of pyridine rings is 1. The number of benzene rings is 1. The molecule has 1 aliphatic heterocycles. The molecule has 3 unspecified atom stereocenters. The van der Waals surface area contributed by atoms with Gasteiger partial charge in [0.15, 0.2) is 0 Å². The summed E-state index contributed by atoms with van der Waals surface area (Å²) in [7, 11) is 0. The van der Waals surface area contributed by atoms with Crippen LogP contribution in [0, 0.1) is 18.2 Å². The van der Waals surface area contributed by atoms with Gasteiger partial charge in [-0.2, -0.15) is 0 Å². The summed E-state index contributed by atoms with van der Waals surface area (Å²) in [6.07, 6.45) is 5.24. The predicted octanol–water partition coefficient (Wildman–Crippen LogP) is 3.45. The summed E-state index contributed by atoms with van der Waals surface area (Å²) in [4.78, 5) is 12.9. The van der Waals surface area contributed by atoms with Gasteiger partial charge in [-0.15, -0.1) is 0 Å². The lowest BCUT2D eigenvalue weighted by molar-refractivity contribution is 0.116. The van der Waals surface area contributed by atoms with Crippen LogP contribution in [0.25, 0.3) is 11.1 Å². The molecule has 3 atom stereocenters. The van der Waals surface area contributed by atoms with Crippen molar-refractivity contribution in [2.24, 2.45) is 0 Å². The van der Waals surface area contributed by atoms with Crippen molar-refractivity contribution >= 4 is 11.7 Å². The summed E-state index contributed by atoms with van der Waals surface area (Å²) in [6, 6.07) is 6.70. The highest BCUT2D eigenvalue weighted by Gasteiger charge is 2.33. The van der Waals surface area contributed by atoms with Crippen molar-refractivity contribution in [2.75, 3.05) is 12.3 Å². The molecule has 1 fully saturated rings. The second-order valence-electron chi connectivity index (χ2n) is 8.96. The van der Waals surface area contributed by atoms with Crippen LogP contribution in [0.4, 0.5) is 10.3 Å². The maximum absolute atomic E-state index is 14.9. The summed E-state index contributed by atoms with van der Waals surface area (Å²) in [5.41, 5.74) is 12.0. The largest absolute Gasteiger partial charge is 0.393 e. The quantitative estimate of drug-likeness (QED) is 0.489. The van der Waals surface area contributed by atoms with Gasteiger partial charge in [-0.25, -0.2) is 14.4 Å². The van der Waals surface area contributed by atoms with Crippen LogP contribution in [0.5, 0.6) is 0 Å². The number of hydrogen-bond donors (Lipinski definition) is 4. The first-order chi connectivity index (χ1) is 15.9. The normalized spacial score (nSPS) is 22.8. The fraction of sp³-hybridized carbons (Fsp3) is 0.360. The third-order valence-electron chi connectivity index (χ3n) is 6.68. The van der Waals surface area contributed by atoms with Crippen molar-refractivity contribution < 1.29 is 9.50 Å². The van der Waals surface area contributed by atoms with Gasteiger partial charge in [0.05, 0.1) is 17.5 Å². The molecule has 8 heteroatoms. The molecule has 3 aromatic rings. The third kappa shape index (κ3) is 4.12. The molecule has 1 aromatic carbocycles. The molecule has 170 valence electrons. The maximum Gasteiger partial charge on any atom is 0.220 e. The number of aliphatic hydroxyl groups excluding tert-OH is 1. The summed E-state index contributed by atoms with van der Waals surface area (Å²) >= 11 is 0. The van der Waals surface area contributed by atoms with Crippen LogP contribution in [-0.2, 0) is 6.42 Å². The number of piperidine rings is 1. The Hall–Kier alpha value is -3.23. The van der Waals surface area contributed by atoms with E-state index in [0.717, 1.165) is 33.5 Å². The van der Waals surface area contributed by atoms with Gasteiger partial charge in [-0.1, -0.05) is 6.07 Å². The van der Waals surface area contributed by atoms with Crippen molar-refractivity contribution in [1.29, 1.82) is 5.41 Å². The Bertz CT molecular complexity index is 1220. The van der Waals surface area contributed by atoms with Crippen LogP contribution in [0.3, 0.4) is 0 Å². The minimum absolute atomic E-state index is 0.0922. The Labute approximate surface area is 191 Å². The zero-order chi connectivity index (χ0) is 23.1. The van der Waals surface area contributed by atoms with E-state index in [1.54, 1.807) is 24.5 Å².